The largest absolute Gasteiger partial charge is 0.481 e. The van der Waals surface area contributed by atoms with Gasteiger partial charge in [0.05, 0.1) is 38.1 Å². The van der Waals surface area contributed by atoms with Crippen LogP contribution in [0, 0.1) is 0 Å². The fraction of sp³-hybridized carbons (Fsp3) is 0.750. The van der Waals surface area contributed by atoms with Crippen molar-refractivity contribution >= 4 is 35.3 Å². The van der Waals surface area contributed by atoms with Crippen molar-refractivity contribution in [3.63, 3.8) is 0 Å². The average Bonchev–Trinajstić information content (AvgIpc) is 2.57. The Labute approximate surface area is 157 Å². The highest BCUT2D eigenvalue weighted by atomic mass is 32.2. The maximum atomic E-state index is 11.8. The molecule has 2 amide bonds. The molecule has 9 nitrogen and oxygen atoms in total. The molecular formula is C16H28N2O7S. The molecule has 3 N–H and O–H groups in total. The van der Waals surface area contributed by atoms with Gasteiger partial charge in [-0.3, -0.25) is 19.2 Å². The number of amides is 2. The van der Waals surface area contributed by atoms with Gasteiger partial charge in [-0.25, -0.2) is 0 Å². The van der Waals surface area contributed by atoms with Gasteiger partial charge in [0, 0.05) is 25.9 Å². The number of carboxylic acid groups (broad SMARTS) is 1. The Morgan fingerprint density at radius 2 is 1.62 bits per heavy atom. The van der Waals surface area contributed by atoms with Crippen LogP contribution in [0.2, 0.25) is 0 Å². The van der Waals surface area contributed by atoms with Crippen LogP contribution in [0.5, 0.6) is 0 Å². The van der Waals surface area contributed by atoms with E-state index >= 15 is 0 Å². The van der Waals surface area contributed by atoms with Crippen LogP contribution >= 0.6 is 11.8 Å². The highest BCUT2D eigenvalue weighted by Gasteiger charge is 2.20. The zero-order valence-corrected chi connectivity index (χ0v) is 16.1. The lowest BCUT2D eigenvalue weighted by Crippen LogP contribution is -2.37. The molecule has 10 heteroatoms. The summed E-state index contributed by atoms with van der Waals surface area (Å²) >= 11 is 1.16. The molecular weight excluding hydrogens is 364 g/mol. The van der Waals surface area contributed by atoms with Gasteiger partial charge in [0.1, 0.15) is 5.78 Å². The van der Waals surface area contributed by atoms with Gasteiger partial charge in [-0.2, -0.15) is 11.8 Å². The lowest BCUT2D eigenvalue weighted by atomic mass is 10.3. The molecule has 0 aliphatic rings. The summed E-state index contributed by atoms with van der Waals surface area (Å²) in [5.74, 6) is -1.58. The number of Topliss-reactive ketones (excluding diaryl/α,β-unsaturated/α-hetero) is 1. The Bertz CT molecular complexity index is 460. The number of carboxylic acids is 1. The first kappa shape index (κ1) is 24.4. The second-order valence-electron chi connectivity index (χ2n) is 5.39. The second kappa shape index (κ2) is 15.6. The van der Waals surface area contributed by atoms with Crippen molar-refractivity contribution in [3.05, 3.63) is 0 Å². The molecule has 26 heavy (non-hydrogen) atoms. The Balaban J connectivity index is 3.58. The average molecular weight is 392 g/mol. The number of aliphatic carboxylic acids is 1. The molecule has 0 heterocycles. The van der Waals surface area contributed by atoms with Crippen LogP contribution < -0.4 is 10.6 Å². The summed E-state index contributed by atoms with van der Waals surface area (Å²) in [6.07, 6.45) is 1.90. The summed E-state index contributed by atoms with van der Waals surface area (Å²) in [4.78, 5) is 44.7. The molecule has 0 bridgehead atoms. The normalized spacial score (nSPS) is 11.6. The first-order chi connectivity index (χ1) is 12.4. The van der Waals surface area contributed by atoms with Gasteiger partial charge in [-0.05, 0) is 13.2 Å². The summed E-state index contributed by atoms with van der Waals surface area (Å²) in [6.45, 7) is 3.47. The zero-order valence-electron chi connectivity index (χ0n) is 15.2. The molecule has 0 aromatic rings. The van der Waals surface area contributed by atoms with Gasteiger partial charge in [0.2, 0.25) is 11.8 Å². The van der Waals surface area contributed by atoms with Crippen LogP contribution in [0.15, 0.2) is 0 Å². The maximum absolute atomic E-state index is 11.8. The van der Waals surface area contributed by atoms with Gasteiger partial charge in [-0.1, -0.05) is 0 Å². The molecule has 0 fully saturated rings. The van der Waals surface area contributed by atoms with E-state index in [1.807, 2.05) is 0 Å². The Hall–Kier alpha value is -1.65. The molecule has 0 aliphatic heterocycles. The maximum Gasteiger partial charge on any atom is 0.305 e. The molecule has 0 aliphatic carbocycles. The van der Waals surface area contributed by atoms with E-state index in [0.717, 1.165) is 11.8 Å². The van der Waals surface area contributed by atoms with Gasteiger partial charge in [-0.15, -0.1) is 0 Å². The third kappa shape index (κ3) is 14.7. The summed E-state index contributed by atoms with van der Waals surface area (Å²) in [5, 5.41) is 13.2. The minimum absolute atomic E-state index is 0.0793. The molecule has 0 radical (unpaired) electrons. The Morgan fingerprint density at radius 1 is 0.962 bits per heavy atom. The zero-order chi connectivity index (χ0) is 19.8. The third-order valence-electron chi connectivity index (χ3n) is 3.13. The minimum atomic E-state index is -1.04. The van der Waals surface area contributed by atoms with E-state index in [4.69, 9.17) is 14.6 Å². The first-order valence-electron chi connectivity index (χ1n) is 8.30. The standard InChI is InChI=1S/C16H28N2O7S/c1-12(19)4-7-24-9-10-25-8-6-17-14(20)3-5-18-16(23)13(26-2)11-15(21)22/h13H,3-11H2,1-2H3,(H,17,20)(H,18,23)(H,21,22). The Morgan fingerprint density at radius 3 is 2.19 bits per heavy atom. The number of rotatable bonds is 16. The van der Waals surface area contributed by atoms with Crippen LogP contribution in [-0.2, 0) is 28.7 Å². The van der Waals surface area contributed by atoms with Crippen molar-refractivity contribution in [1.82, 2.24) is 10.6 Å². The summed E-state index contributed by atoms with van der Waals surface area (Å²) in [6, 6.07) is 0. The molecule has 0 aromatic heterocycles. The van der Waals surface area contributed by atoms with E-state index in [-0.39, 0.29) is 37.0 Å². The predicted molar refractivity (Wildman–Crippen MR) is 97.1 cm³/mol. The monoisotopic (exact) mass is 392 g/mol. The van der Waals surface area contributed by atoms with Gasteiger partial charge < -0.3 is 25.2 Å². The third-order valence-corrected chi connectivity index (χ3v) is 4.08. The van der Waals surface area contributed by atoms with Crippen molar-refractivity contribution in [2.24, 2.45) is 0 Å². The molecule has 1 unspecified atom stereocenters. The number of hydrogen-bond donors (Lipinski definition) is 3. The van der Waals surface area contributed by atoms with Crippen molar-refractivity contribution < 1.29 is 33.8 Å². The highest BCUT2D eigenvalue weighted by Crippen LogP contribution is 2.10. The second-order valence-corrected chi connectivity index (χ2v) is 6.43. The van der Waals surface area contributed by atoms with E-state index in [1.54, 1.807) is 6.26 Å². The number of ether oxygens (including phenoxy) is 2. The number of thioether (sulfide) groups is 1. The van der Waals surface area contributed by atoms with E-state index < -0.39 is 11.2 Å². The van der Waals surface area contributed by atoms with E-state index in [9.17, 15) is 19.2 Å². The van der Waals surface area contributed by atoms with Gasteiger partial charge in [0.25, 0.3) is 0 Å². The topological polar surface area (TPSA) is 131 Å². The molecule has 0 saturated heterocycles. The smallest absolute Gasteiger partial charge is 0.305 e. The fourth-order valence-corrected chi connectivity index (χ4v) is 2.35. The number of ketones is 1. The fourth-order valence-electron chi connectivity index (χ4n) is 1.74. The van der Waals surface area contributed by atoms with E-state index in [2.05, 4.69) is 10.6 Å². The van der Waals surface area contributed by atoms with Crippen LogP contribution in [0.3, 0.4) is 0 Å². The summed E-state index contributed by atoms with van der Waals surface area (Å²) < 4.78 is 10.5. The number of carbonyl (C=O) groups is 4. The molecule has 0 spiro atoms. The molecule has 0 rings (SSSR count). The van der Waals surface area contributed by atoms with Crippen LogP contribution in [0.1, 0.15) is 26.2 Å². The van der Waals surface area contributed by atoms with Crippen LogP contribution in [0.4, 0.5) is 0 Å². The number of nitrogens with one attached hydrogen (secondary N) is 2. The summed E-state index contributed by atoms with van der Waals surface area (Å²) in [5.41, 5.74) is 0. The van der Waals surface area contributed by atoms with E-state index in [0.29, 0.717) is 39.4 Å². The van der Waals surface area contributed by atoms with Crippen molar-refractivity contribution in [2.45, 2.75) is 31.4 Å². The lowest BCUT2D eigenvalue weighted by molar-refractivity contribution is -0.138. The molecule has 1 atom stereocenters. The van der Waals surface area contributed by atoms with Gasteiger partial charge >= 0.3 is 5.97 Å². The quantitative estimate of drug-likeness (QED) is 0.309. The molecule has 150 valence electrons. The van der Waals surface area contributed by atoms with Crippen molar-refractivity contribution in [1.29, 1.82) is 0 Å². The number of hydrogen-bond acceptors (Lipinski definition) is 7. The lowest BCUT2D eigenvalue weighted by Gasteiger charge is -2.12. The summed E-state index contributed by atoms with van der Waals surface area (Å²) in [7, 11) is 0. The minimum Gasteiger partial charge on any atom is -0.481 e. The highest BCUT2D eigenvalue weighted by molar-refractivity contribution is 7.99. The van der Waals surface area contributed by atoms with Crippen LogP contribution in [0.25, 0.3) is 0 Å². The molecule has 0 aromatic carbocycles. The van der Waals surface area contributed by atoms with Crippen molar-refractivity contribution in [3.8, 4) is 0 Å². The van der Waals surface area contributed by atoms with Crippen LogP contribution in [-0.4, -0.2) is 79.7 Å². The molecule has 0 saturated carbocycles. The van der Waals surface area contributed by atoms with E-state index in [1.165, 1.54) is 6.92 Å². The Kier molecular flexibility index (Phi) is 14.6. The van der Waals surface area contributed by atoms with Gasteiger partial charge in [0.15, 0.2) is 0 Å². The number of carbonyl (C=O) groups excluding carboxylic acids is 3. The SMILES string of the molecule is CSC(CC(=O)O)C(=O)NCCC(=O)NCCOCCOCCC(C)=O. The first-order valence-corrected chi connectivity index (χ1v) is 9.59. The predicted octanol–water partition coefficient (Wildman–Crippen LogP) is -0.172. The van der Waals surface area contributed by atoms with Crippen molar-refractivity contribution in [2.75, 3.05) is 45.8 Å².